The summed E-state index contributed by atoms with van der Waals surface area (Å²) in [6.45, 7) is 4.11. The van der Waals surface area contributed by atoms with Crippen LogP contribution in [0.1, 0.15) is 22.6 Å². The molecule has 2 heterocycles. The fraction of sp³-hybridized carbons (Fsp3) is 0.692. The van der Waals surface area contributed by atoms with Crippen LogP contribution in [0.4, 0.5) is 0 Å². The van der Waals surface area contributed by atoms with Gasteiger partial charge in [-0.05, 0) is 46.5 Å². The Morgan fingerprint density at radius 2 is 2.25 bits per heavy atom. The summed E-state index contributed by atoms with van der Waals surface area (Å²) in [5.41, 5.74) is 0. The van der Waals surface area contributed by atoms with E-state index in [-0.39, 0.29) is 0 Å². The highest BCUT2D eigenvalue weighted by Crippen LogP contribution is 2.25. The molecule has 1 saturated heterocycles. The summed E-state index contributed by atoms with van der Waals surface area (Å²) >= 11 is 1.53. The van der Waals surface area contributed by atoms with Crippen molar-refractivity contribution in [3.63, 3.8) is 0 Å². The molecular weight excluding hydrogens is 294 g/mol. The molecule has 0 radical (unpaired) electrons. The molecule has 114 valence electrons. The van der Waals surface area contributed by atoms with E-state index in [1.54, 1.807) is 6.07 Å². The van der Waals surface area contributed by atoms with Gasteiger partial charge in [-0.3, -0.25) is 0 Å². The molecular formula is C13H23N3O2S2. The van der Waals surface area contributed by atoms with Crippen molar-refractivity contribution in [2.75, 3.05) is 27.2 Å². The van der Waals surface area contributed by atoms with Crippen LogP contribution >= 0.6 is 11.3 Å². The standard InChI is InChI=1S/C13H23N3O2S2/c1-10-13(7-12(19-10)9-14-2)20(17,18)15-8-11-5-4-6-16(11)3/h7,11,14-15H,4-6,8-9H2,1-3H3. The fourth-order valence-electron chi connectivity index (χ4n) is 2.57. The van der Waals surface area contributed by atoms with E-state index < -0.39 is 10.0 Å². The minimum Gasteiger partial charge on any atom is -0.315 e. The van der Waals surface area contributed by atoms with Gasteiger partial charge >= 0.3 is 0 Å². The lowest BCUT2D eigenvalue weighted by molar-refractivity contribution is 0.311. The van der Waals surface area contributed by atoms with Crippen LogP contribution < -0.4 is 10.0 Å². The van der Waals surface area contributed by atoms with E-state index >= 15 is 0 Å². The van der Waals surface area contributed by atoms with E-state index in [9.17, 15) is 8.42 Å². The topological polar surface area (TPSA) is 61.4 Å². The molecule has 0 spiro atoms. The number of aryl methyl sites for hydroxylation is 1. The van der Waals surface area contributed by atoms with Gasteiger partial charge in [0.05, 0.1) is 4.90 Å². The number of rotatable bonds is 6. The maximum atomic E-state index is 12.4. The molecule has 1 fully saturated rings. The Balaban J connectivity index is 2.06. The van der Waals surface area contributed by atoms with E-state index in [1.807, 2.05) is 21.0 Å². The highest BCUT2D eigenvalue weighted by Gasteiger charge is 2.25. The largest absolute Gasteiger partial charge is 0.315 e. The zero-order chi connectivity index (χ0) is 14.8. The number of likely N-dealkylation sites (tertiary alicyclic amines) is 1. The van der Waals surface area contributed by atoms with E-state index in [4.69, 9.17) is 0 Å². The number of thiophene rings is 1. The van der Waals surface area contributed by atoms with Crippen LogP contribution in [0.2, 0.25) is 0 Å². The monoisotopic (exact) mass is 317 g/mol. The molecule has 0 amide bonds. The Morgan fingerprint density at radius 3 is 2.85 bits per heavy atom. The van der Waals surface area contributed by atoms with Gasteiger partial charge in [0.1, 0.15) is 0 Å². The highest BCUT2D eigenvalue weighted by atomic mass is 32.2. The Bertz CT molecular complexity index is 554. The first-order valence-corrected chi connectivity index (χ1v) is 9.18. The highest BCUT2D eigenvalue weighted by molar-refractivity contribution is 7.89. The van der Waals surface area contributed by atoms with Crippen LogP contribution in [0, 0.1) is 6.92 Å². The molecule has 2 N–H and O–H groups in total. The average molecular weight is 317 g/mol. The van der Waals surface area contributed by atoms with Gasteiger partial charge in [-0.15, -0.1) is 11.3 Å². The van der Waals surface area contributed by atoms with E-state index in [0.29, 0.717) is 24.0 Å². The number of nitrogens with zero attached hydrogens (tertiary/aromatic N) is 1. The van der Waals surface area contributed by atoms with Crippen LogP contribution in [0.3, 0.4) is 0 Å². The number of hydrogen-bond donors (Lipinski definition) is 2. The summed E-state index contributed by atoms with van der Waals surface area (Å²) < 4.78 is 27.5. The molecule has 0 saturated carbocycles. The molecule has 2 rings (SSSR count). The average Bonchev–Trinajstić information content (AvgIpc) is 2.94. The van der Waals surface area contributed by atoms with Gasteiger partial charge in [-0.1, -0.05) is 0 Å². The minimum absolute atomic E-state index is 0.320. The van der Waals surface area contributed by atoms with Crippen LogP contribution in [0.25, 0.3) is 0 Å². The number of hydrogen-bond acceptors (Lipinski definition) is 5. The van der Waals surface area contributed by atoms with Crippen molar-refractivity contribution in [2.24, 2.45) is 0 Å². The molecule has 1 unspecified atom stereocenters. The summed E-state index contributed by atoms with van der Waals surface area (Å²) in [7, 11) is 0.514. The summed E-state index contributed by atoms with van der Waals surface area (Å²) in [5, 5.41) is 3.05. The zero-order valence-corrected chi connectivity index (χ0v) is 13.9. The predicted octanol–water partition coefficient (Wildman–Crippen LogP) is 1.15. The molecule has 5 nitrogen and oxygen atoms in total. The van der Waals surface area contributed by atoms with E-state index in [2.05, 4.69) is 14.9 Å². The molecule has 1 atom stereocenters. The van der Waals surface area contributed by atoms with Gasteiger partial charge < -0.3 is 10.2 Å². The van der Waals surface area contributed by atoms with E-state index in [0.717, 1.165) is 29.1 Å². The van der Waals surface area contributed by atoms with Crippen molar-refractivity contribution in [2.45, 2.75) is 37.2 Å². The molecule has 7 heteroatoms. The van der Waals surface area contributed by atoms with Gasteiger partial charge in [0.25, 0.3) is 0 Å². The summed E-state index contributed by atoms with van der Waals surface area (Å²) in [5.74, 6) is 0. The first-order chi connectivity index (χ1) is 9.44. The Hall–Kier alpha value is -0.470. The van der Waals surface area contributed by atoms with Crippen molar-refractivity contribution in [1.29, 1.82) is 0 Å². The van der Waals surface area contributed by atoms with Crippen molar-refractivity contribution in [3.8, 4) is 0 Å². The SMILES string of the molecule is CNCc1cc(S(=O)(=O)NCC2CCCN2C)c(C)s1. The third-order valence-electron chi connectivity index (χ3n) is 3.74. The second-order valence-electron chi connectivity index (χ2n) is 5.29. The minimum atomic E-state index is -3.39. The molecule has 1 aliphatic rings. The van der Waals surface area contributed by atoms with Crippen LogP contribution in [0.5, 0.6) is 0 Å². The van der Waals surface area contributed by atoms with Crippen LogP contribution in [0.15, 0.2) is 11.0 Å². The Kier molecular flexibility index (Phi) is 5.19. The van der Waals surface area contributed by atoms with Crippen molar-refractivity contribution >= 4 is 21.4 Å². The lowest BCUT2D eigenvalue weighted by atomic mass is 10.2. The van der Waals surface area contributed by atoms with Crippen LogP contribution in [-0.2, 0) is 16.6 Å². The lowest BCUT2D eigenvalue weighted by Gasteiger charge is -2.19. The van der Waals surface area contributed by atoms with Crippen molar-refractivity contribution in [3.05, 3.63) is 15.8 Å². The maximum Gasteiger partial charge on any atom is 0.241 e. The molecule has 1 aliphatic heterocycles. The first kappa shape index (κ1) is 15.9. The smallest absolute Gasteiger partial charge is 0.241 e. The predicted molar refractivity (Wildman–Crippen MR) is 82.7 cm³/mol. The van der Waals surface area contributed by atoms with Gasteiger partial charge in [0.2, 0.25) is 10.0 Å². The fourth-order valence-corrected chi connectivity index (χ4v) is 5.29. The third-order valence-corrected chi connectivity index (χ3v) is 6.47. The van der Waals surface area contributed by atoms with Gasteiger partial charge in [0.15, 0.2) is 0 Å². The number of sulfonamides is 1. The summed E-state index contributed by atoms with van der Waals surface area (Å²) in [6.07, 6.45) is 2.21. The Labute approximate surface area is 125 Å². The maximum absolute atomic E-state index is 12.4. The summed E-state index contributed by atoms with van der Waals surface area (Å²) in [4.78, 5) is 4.54. The third kappa shape index (κ3) is 3.59. The second-order valence-corrected chi connectivity index (χ2v) is 8.37. The van der Waals surface area contributed by atoms with Crippen molar-refractivity contribution in [1.82, 2.24) is 14.9 Å². The zero-order valence-electron chi connectivity index (χ0n) is 12.3. The van der Waals surface area contributed by atoms with Crippen LogP contribution in [-0.4, -0.2) is 46.5 Å². The number of likely N-dealkylation sites (N-methyl/N-ethyl adjacent to an activating group) is 1. The normalized spacial score (nSPS) is 20.6. The second kappa shape index (κ2) is 6.53. The number of nitrogens with one attached hydrogen (secondary N) is 2. The molecule has 1 aromatic rings. The van der Waals surface area contributed by atoms with Gasteiger partial charge in [-0.25, -0.2) is 13.1 Å². The van der Waals surface area contributed by atoms with E-state index in [1.165, 1.54) is 11.3 Å². The molecule has 1 aromatic heterocycles. The summed E-state index contributed by atoms with van der Waals surface area (Å²) in [6, 6.07) is 2.09. The molecule has 0 aromatic carbocycles. The quantitative estimate of drug-likeness (QED) is 0.826. The van der Waals surface area contributed by atoms with Crippen molar-refractivity contribution < 1.29 is 8.42 Å². The Morgan fingerprint density at radius 1 is 1.50 bits per heavy atom. The first-order valence-electron chi connectivity index (χ1n) is 6.88. The molecule has 0 aliphatic carbocycles. The van der Waals surface area contributed by atoms with Gasteiger partial charge in [0, 0.05) is 28.9 Å². The lowest BCUT2D eigenvalue weighted by Crippen LogP contribution is -2.38. The molecule has 0 bridgehead atoms. The molecule has 20 heavy (non-hydrogen) atoms. The van der Waals surface area contributed by atoms with Gasteiger partial charge in [-0.2, -0.15) is 0 Å².